The van der Waals surface area contributed by atoms with Crippen molar-refractivity contribution in [1.29, 1.82) is 0 Å². The number of aromatic nitrogens is 3. The molecule has 18 heavy (non-hydrogen) atoms. The number of hydrogen-bond donors (Lipinski definition) is 1. The van der Waals surface area contributed by atoms with E-state index < -0.39 is 0 Å². The number of likely N-dealkylation sites (N-methyl/N-ethyl adjacent to an activating group) is 1. The zero-order valence-electron chi connectivity index (χ0n) is 11.0. The third-order valence-corrected chi connectivity index (χ3v) is 4.02. The van der Waals surface area contributed by atoms with E-state index in [9.17, 15) is 0 Å². The third kappa shape index (κ3) is 2.77. The predicted octanol–water partition coefficient (Wildman–Crippen LogP) is 1.32. The molecule has 2 aromatic rings. The van der Waals surface area contributed by atoms with Gasteiger partial charge in [-0.25, -0.2) is 4.98 Å². The van der Waals surface area contributed by atoms with Gasteiger partial charge in [0, 0.05) is 36.8 Å². The second-order valence-electron chi connectivity index (χ2n) is 4.47. The van der Waals surface area contributed by atoms with E-state index in [1.165, 1.54) is 4.88 Å². The van der Waals surface area contributed by atoms with Crippen molar-refractivity contribution in [2.24, 2.45) is 12.8 Å². The number of rotatable bonds is 5. The summed E-state index contributed by atoms with van der Waals surface area (Å²) >= 11 is 1.69. The van der Waals surface area contributed by atoms with E-state index in [-0.39, 0.29) is 6.04 Å². The zero-order chi connectivity index (χ0) is 13.1. The van der Waals surface area contributed by atoms with Crippen LogP contribution in [0.3, 0.4) is 0 Å². The Bertz CT molecular complexity index is 504. The lowest BCUT2D eigenvalue weighted by molar-refractivity contribution is 0.243. The van der Waals surface area contributed by atoms with Gasteiger partial charge < -0.3 is 5.73 Å². The van der Waals surface area contributed by atoms with Gasteiger partial charge in [0.2, 0.25) is 0 Å². The smallest absolute Gasteiger partial charge is 0.0798 e. The lowest BCUT2D eigenvalue weighted by atomic mass is 10.1. The maximum absolute atomic E-state index is 5.89. The Labute approximate surface area is 111 Å². The van der Waals surface area contributed by atoms with Crippen LogP contribution in [0.2, 0.25) is 0 Å². The van der Waals surface area contributed by atoms with Crippen LogP contribution in [0.25, 0.3) is 0 Å². The summed E-state index contributed by atoms with van der Waals surface area (Å²) in [5.41, 5.74) is 10.0. The molecule has 0 aromatic carbocycles. The van der Waals surface area contributed by atoms with E-state index in [4.69, 9.17) is 5.73 Å². The van der Waals surface area contributed by atoms with Crippen LogP contribution >= 0.6 is 11.3 Å². The average molecular weight is 265 g/mol. The maximum Gasteiger partial charge on any atom is 0.0798 e. The maximum atomic E-state index is 5.89. The minimum atomic E-state index is 0.195. The number of thiazole rings is 1. The zero-order valence-corrected chi connectivity index (χ0v) is 11.8. The topological polar surface area (TPSA) is 60.0 Å². The van der Waals surface area contributed by atoms with Crippen LogP contribution in [0.1, 0.15) is 22.2 Å². The van der Waals surface area contributed by atoms with Gasteiger partial charge in [0.05, 0.1) is 23.4 Å². The van der Waals surface area contributed by atoms with E-state index in [0.717, 1.165) is 17.8 Å². The molecule has 0 amide bonds. The van der Waals surface area contributed by atoms with Gasteiger partial charge in [0.15, 0.2) is 0 Å². The van der Waals surface area contributed by atoms with Crippen LogP contribution in [0.5, 0.6) is 0 Å². The number of aryl methyl sites for hydroxylation is 2. The summed E-state index contributed by atoms with van der Waals surface area (Å²) in [6, 6.07) is 0.195. The molecule has 0 bridgehead atoms. The molecule has 0 fully saturated rings. The summed E-state index contributed by atoms with van der Waals surface area (Å²) < 4.78 is 1.81. The molecule has 0 spiro atoms. The summed E-state index contributed by atoms with van der Waals surface area (Å²) in [7, 11) is 4.01. The highest BCUT2D eigenvalue weighted by Crippen LogP contribution is 2.22. The van der Waals surface area contributed by atoms with E-state index >= 15 is 0 Å². The van der Waals surface area contributed by atoms with Crippen molar-refractivity contribution in [3.8, 4) is 0 Å². The Morgan fingerprint density at radius 3 is 2.83 bits per heavy atom. The molecule has 98 valence electrons. The first-order valence-corrected chi connectivity index (χ1v) is 6.77. The summed E-state index contributed by atoms with van der Waals surface area (Å²) in [6.07, 6.45) is 3.90. The lowest BCUT2D eigenvalue weighted by Gasteiger charge is -2.25. The summed E-state index contributed by atoms with van der Waals surface area (Å²) in [5.74, 6) is 0. The first-order chi connectivity index (χ1) is 8.61. The number of nitrogens with two attached hydrogens (primary N) is 1. The van der Waals surface area contributed by atoms with Crippen LogP contribution in [0, 0.1) is 6.92 Å². The number of hydrogen-bond acceptors (Lipinski definition) is 5. The third-order valence-electron chi connectivity index (χ3n) is 3.10. The molecule has 2 aromatic heterocycles. The highest BCUT2D eigenvalue weighted by molar-refractivity contribution is 7.09. The van der Waals surface area contributed by atoms with Crippen LogP contribution in [-0.2, 0) is 13.6 Å². The number of nitrogens with zero attached hydrogens (tertiary/aromatic N) is 4. The fourth-order valence-electron chi connectivity index (χ4n) is 2.00. The Hall–Kier alpha value is -1.24. The molecular weight excluding hydrogens is 246 g/mol. The van der Waals surface area contributed by atoms with Gasteiger partial charge in [-0.05, 0) is 14.0 Å². The molecule has 0 aliphatic heterocycles. The summed E-state index contributed by atoms with van der Waals surface area (Å²) in [6.45, 7) is 3.49. The minimum absolute atomic E-state index is 0.195. The van der Waals surface area contributed by atoms with E-state index in [1.54, 1.807) is 11.3 Å². The molecule has 0 radical (unpaired) electrons. The fraction of sp³-hybridized carbons (Fsp3) is 0.500. The largest absolute Gasteiger partial charge is 0.329 e. The van der Waals surface area contributed by atoms with Crippen LogP contribution in [0.4, 0.5) is 0 Å². The second-order valence-corrected chi connectivity index (χ2v) is 5.41. The van der Waals surface area contributed by atoms with Crippen molar-refractivity contribution in [2.75, 3.05) is 13.6 Å². The molecule has 2 rings (SSSR count). The van der Waals surface area contributed by atoms with Crippen molar-refractivity contribution in [2.45, 2.75) is 19.5 Å². The Kier molecular flexibility index (Phi) is 4.11. The summed E-state index contributed by atoms with van der Waals surface area (Å²) in [5, 5.41) is 4.21. The van der Waals surface area contributed by atoms with Crippen LogP contribution < -0.4 is 5.73 Å². The minimum Gasteiger partial charge on any atom is -0.329 e. The second kappa shape index (κ2) is 5.60. The highest BCUT2D eigenvalue weighted by atomic mass is 32.1. The van der Waals surface area contributed by atoms with Crippen LogP contribution in [-0.4, -0.2) is 33.3 Å². The molecule has 5 nitrogen and oxygen atoms in total. The predicted molar refractivity (Wildman–Crippen MR) is 73.3 cm³/mol. The van der Waals surface area contributed by atoms with Gasteiger partial charge in [-0.3, -0.25) is 9.58 Å². The Morgan fingerprint density at radius 1 is 1.56 bits per heavy atom. The molecule has 0 saturated heterocycles. The fourth-order valence-corrected chi connectivity index (χ4v) is 2.84. The van der Waals surface area contributed by atoms with Gasteiger partial charge in [-0.2, -0.15) is 5.10 Å². The molecule has 0 aliphatic rings. The van der Waals surface area contributed by atoms with Gasteiger partial charge >= 0.3 is 0 Å². The molecule has 1 unspecified atom stereocenters. The molecule has 2 N–H and O–H groups in total. The highest BCUT2D eigenvalue weighted by Gasteiger charge is 2.18. The van der Waals surface area contributed by atoms with Gasteiger partial charge in [0.25, 0.3) is 0 Å². The van der Waals surface area contributed by atoms with Crippen molar-refractivity contribution in [3.05, 3.63) is 34.0 Å². The molecular formula is C12H19N5S. The van der Waals surface area contributed by atoms with Crippen molar-refractivity contribution >= 4 is 11.3 Å². The van der Waals surface area contributed by atoms with Crippen molar-refractivity contribution in [1.82, 2.24) is 19.7 Å². The van der Waals surface area contributed by atoms with Crippen molar-refractivity contribution in [3.63, 3.8) is 0 Å². The first-order valence-electron chi connectivity index (χ1n) is 5.89. The van der Waals surface area contributed by atoms with Gasteiger partial charge in [0.1, 0.15) is 0 Å². The molecule has 2 heterocycles. The standard InChI is InChI=1S/C12H19N5S/c1-9-12(18-8-14-9)7-16(2)11(4-13)10-5-15-17(3)6-10/h5-6,8,11H,4,7,13H2,1-3H3. The average Bonchev–Trinajstić information content (AvgIpc) is 2.91. The van der Waals surface area contributed by atoms with E-state index in [0.29, 0.717) is 6.54 Å². The first kappa shape index (κ1) is 13.2. The van der Waals surface area contributed by atoms with E-state index in [1.807, 2.05) is 36.6 Å². The van der Waals surface area contributed by atoms with Crippen molar-refractivity contribution < 1.29 is 0 Å². The Morgan fingerprint density at radius 2 is 2.33 bits per heavy atom. The van der Waals surface area contributed by atoms with Crippen LogP contribution in [0.15, 0.2) is 17.9 Å². The summed E-state index contributed by atoms with van der Waals surface area (Å²) in [4.78, 5) is 7.81. The molecule has 6 heteroatoms. The normalized spacial score (nSPS) is 13.2. The molecule has 1 atom stereocenters. The molecule has 0 aliphatic carbocycles. The monoisotopic (exact) mass is 265 g/mol. The van der Waals surface area contributed by atoms with E-state index in [2.05, 4.69) is 22.0 Å². The van der Waals surface area contributed by atoms with Gasteiger partial charge in [-0.1, -0.05) is 0 Å². The SMILES string of the molecule is Cc1ncsc1CN(C)C(CN)c1cnn(C)c1. The van der Waals surface area contributed by atoms with Gasteiger partial charge in [-0.15, -0.1) is 11.3 Å². The lowest BCUT2D eigenvalue weighted by Crippen LogP contribution is -2.29. The quantitative estimate of drug-likeness (QED) is 0.885. The molecule has 0 saturated carbocycles. The Balaban J connectivity index is 2.11.